The fraction of sp³-hybridized carbons (Fsp3) is 0.667. The van der Waals surface area contributed by atoms with Crippen LogP contribution in [0.15, 0.2) is 23.9 Å². The second kappa shape index (κ2) is 3.99. The highest BCUT2D eigenvalue weighted by Gasteiger charge is 2.17. The molecule has 0 saturated heterocycles. The van der Waals surface area contributed by atoms with Gasteiger partial charge in [-0.1, -0.05) is 31.4 Å². The van der Waals surface area contributed by atoms with Crippen LogP contribution >= 0.6 is 0 Å². The quantitative estimate of drug-likeness (QED) is 0.595. The molecule has 0 atom stereocenters. The molecule has 1 aliphatic carbocycles. The first-order valence-corrected chi connectivity index (χ1v) is 5.45. The molecule has 72 valence electrons. The van der Waals surface area contributed by atoms with Crippen LogP contribution in [-0.4, -0.2) is 18.5 Å². The molecule has 1 fully saturated rings. The molecule has 0 bridgehead atoms. The van der Waals surface area contributed by atoms with Crippen LogP contribution in [-0.2, 0) is 0 Å². The van der Waals surface area contributed by atoms with Gasteiger partial charge in [0.25, 0.3) is 0 Å². The lowest BCUT2D eigenvalue weighted by Crippen LogP contribution is -2.18. The third-order valence-corrected chi connectivity index (χ3v) is 3.15. The number of nitrogens with zero attached hydrogens (tertiary/aromatic N) is 1. The first-order valence-electron chi connectivity index (χ1n) is 5.45. The number of allylic oxidation sites excluding steroid dienone is 2. The van der Waals surface area contributed by atoms with Crippen molar-refractivity contribution in [3.05, 3.63) is 23.9 Å². The van der Waals surface area contributed by atoms with Gasteiger partial charge in [0.2, 0.25) is 0 Å². The van der Waals surface area contributed by atoms with Crippen molar-refractivity contribution in [1.29, 1.82) is 0 Å². The van der Waals surface area contributed by atoms with Crippen LogP contribution in [0.4, 0.5) is 0 Å². The Hall–Kier alpha value is -0.720. The van der Waals surface area contributed by atoms with E-state index in [4.69, 9.17) is 0 Å². The van der Waals surface area contributed by atoms with E-state index in [1.54, 1.807) is 5.57 Å². The molecule has 0 radical (unpaired) electrons. The van der Waals surface area contributed by atoms with Gasteiger partial charge in [0, 0.05) is 19.8 Å². The van der Waals surface area contributed by atoms with Crippen molar-refractivity contribution in [3.63, 3.8) is 0 Å². The number of rotatable bonds is 1. The highest BCUT2D eigenvalue weighted by Crippen LogP contribution is 2.31. The van der Waals surface area contributed by atoms with Crippen molar-refractivity contribution in [2.24, 2.45) is 5.92 Å². The summed E-state index contributed by atoms with van der Waals surface area (Å²) in [5.74, 6) is 0.854. The van der Waals surface area contributed by atoms with Gasteiger partial charge in [-0.15, -0.1) is 0 Å². The van der Waals surface area contributed by atoms with Gasteiger partial charge in [-0.25, -0.2) is 0 Å². The fourth-order valence-electron chi connectivity index (χ4n) is 2.38. The Morgan fingerprint density at radius 1 is 1.23 bits per heavy atom. The van der Waals surface area contributed by atoms with E-state index in [-0.39, 0.29) is 0 Å². The monoisotopic (exact) mass is 177 g/mol. The van der Waals surface area contributed by atoms with E-state index < -0.39 is 0 Å². The molecule has 13 heavy (non-hydrogen) atoms. The molecule has 0 aromatic rings. The largest absolute Gasteiger partial charge is 0.376 e. The standard InChI is InChI=1S/C12H19N/c1-13-9-5-8-12(10-13)11-6-3-2-4-7-11/h5,8,10-11H,2-4,6-7,9H2,1H3. The second-order valence-corrected chi connectivity index (χ2v) is 4.31. The Labute approximate surface area is 81.1 Å². The summed E-state index contributed by atoms with van der Waals surface area (Å²) < 4.78 is 0. The predicted molar refractivity (Wildman–Crippen MR) is 56.4 cm³/mol. The molecule has 0 aromatic carbocycles. The van der Waals surface area contributed by atoms with E-state index in [2.05, 4.69) is 30.3 Å². The van der Waals surface area contributed by atoms with E-state index in [0.717, 1.165) is 12.5 Å². The van der Waals surface area contributed by atoms with Gasteiger partial charge in [-0.3, -0.25) is 0 Å². The summed E-state index contributed by atoms with van der Waals surface area (Å²) in [7, 11) is 2.16. The smallest absolute Gasteiger partial charge is 0.0354 e. The number of likely N-dealkylation sites (N-methyl/N-ethyl adjacent to an activating group) is 1. The van der Waals surface area contributed by atoms with Crippen molar-refractivity contribution >= 4 is 0 Å². The zero-order valence-electron chi connectivity index (χ0n) is 8.50. The van der Waals surface area contributed by atoms with E-state index in [1.807, 2.05) is 0 Å². The van der Waals surface area contributed by atoms with Gasteiger partial charge in [-0.05, 0) is 24.3 Å². The van der Waals surface area contributed by atoms with Crippen LogP contribution < -0.4 is 0 Å². The minimum atomic E-state index is 0.854. The van der Waals surface area contributed by atoms with Crippen LogP contribution in [0.5, 0.6) is 0 Å². The van der Waals surface area contributed by atoms with Crippen LogP contribution in [0.1, 0.15) is 32.1 Å². The Morgan fingerprint density at radius 2 is 2.00 bits per heavy atom. The molecule has 1 saturated carbocycles. The average molecular weight is 177 g/mol. The Morgan fingerprint density at radius 3 is 2.69 bits per heavy atom. The third-order valence-electron chi connectivity index (χ3n) is 3.15. The van der Waals surface area contributed by atoms with Gasteiger partial charge >= 0.3 is 0 Å². The molecule has 2 rings (SSSR count). The fourth-order valence-corrected chi connectivity index (χ4v) is 2.38. The van der Waals surface area contributed by atoms with Crippen LogP contribution in [0, 0.1) is 5.92 Å². The Bertz CT molecular complexity index is 221. The van der Waals surface area contributed by atoms with E-state index in [0.29, 0.717) is 0 Å². The molecule has 0 aromatic heterocycles. The number of hydrogen-bond acceptors (Lipinski definition) is 1. The van der Waals surface area contributed by atoms with Gasteiger partial charge in [0.1, 0.15) is 0 Å². The molecule has 1 heteroatoms. The van der Waals surface area contributed by atoms with Crippen molar-refractivity contribution in [3.8, 4) is 0 Å². The maximum atomic E-state index is 2.33. The predicted octanol–water partition coefficient (Wildman–Crippen LogP) is 2.95. The van der Waals surface area contributed by atoms with Crippen LogP contribution in [0.25, 0.3) is 0 Å². The minimum absolute atomic E-state index is 0.854. The van der Waals surface area contributed by atoms with E-state index >= 15 is 0 Å². The molecular formula is C12H19N. The summed E-state index contributed by atoms with van der Waals surface area (Å²) in [6.45, 7) is 1.08. The third kappa shape index (κ3) is 2.15. The first kappa shape index (κ1) is 8.86. The highest BCUT2D eigenvalue weighted by molar-refractivity contribution is 5.25. The normalized spacial score (nSPS) is 24.7. The molecule has 0 unspecified atom stereocenters. The maximum Gasteiger partial charge on any atom is 0.0354 e. The molecule has 2 aliphatic rings. The SMILES string of the molecule is CN1C=C(C2CCCCC2)C=CC1. The summed E-state index contributed by atoms with van der Waals surface area (Å²) in [4.78, 5) is 2.28. The van der Waals surface area contributed by atoms with Crippen molar-refractivity contribution in [2.75, 3.05) is 13.6 Å². The molecular weight excluding hydrogens is 158 g/mol. The molecule has 0 N–H and O–H groups in total. The number of hydrogen-bond donors (Lipinski definition) is 0. The molecule has 1 heterocycles. The zero-order chi connectivity index (χ0) is 9.10. The first-order chi connectivity index (χ1) is 6.36. The van der Waals surface area contributed by atoms with Crippen molar-refractivity contribution in [2.45, 2.75) is 32.1 Å². The lowest BCUT2D eigenvalue weighted by Gasteiger charge is -2.26. The zero-order valence-corrected chi connectivity index (χ0v) is 8.50. The topological polar surface area (TPSA) is 3.24 Å². The van der Waals surface area contributed by atoms with Crippen LogP contribution in [0.2, 0.25) is 0 Å². The molecule has 0 spiro atoms. The highest BCUT2D eigenvalue weighted by atomic mass is 15.1. The second-order valence-electron chi connectivity index (χ2n) is 4.31. The summed E-state index contributed by atoms with van der Waals surface area (Å²) in [5, 5.41) is 0. The Balaban J connectivity index is 2.02. The average Bonchev–Trinajstić information content (AvgIpc) is 2.19. The molecule has 1 nitrogen and oxygen atoms in total. The maximum absolute atomic E-state index is 2.33. The van der Waals surface area contributed by atoms with Crippen molar-refractivity contribution in [1.82, 2.24) is 4.90 Å². The summed E-state index contributed by atoms with van der Waals surface area (Å²) >= 11 is 0. The van der Waals surface area contributed by atoms with Gasteiger partial charge in [0.05, 0.1) is 0 Å². The molecule has 1 aliphatic heterocycles. The summed E-state index contributed by atoms with van der Waals surface area (Å²) in [6, 6.07) is 0. The lowest BCUT2D eigenvalue weighted by atomic mass is 9.83. The summed E-state index contributed by atoms with van der Waals surface area (Å²) in [5.41, 5.74) is 1.56. The van der Waals surface area contributed by atoms with E-state index in [9.17, 15) is 0 Å². The van der Waals surface area contributed by atoms with E-state index in [1.165, 1.54) is 32.1 Å². The summed E-state index contributed by atoms with van der Waals surface area (Å²) in [6.07, 6.45) is 14.1. The van der Waals surface area contributed by atoms with Gasteiger partial charge in [0.15, 0.2) is 0 Å². The molecule has 0 amide bonds. The lowest BCUT2D eigenvalue weighted by molar-refractivity contribution is 0.394. The minimum Gasteiger partial charge on any atom is -0.376 e. The Kier molecular flexibility index (Phi) is 2.72. The van der Waals surface area contributed by atoms with Crippen LogP contribution in [0.3, 0.4) is 0 Å². The van der Waals surface area contributed by atoms with Gasteiger partial charge < -0.3 is 4.90 Å². The van der Waals surface area contributed by atoms with Gasteiger partial charge in [-0.2, -0.15) is 0 Å². The van der Waals surface area contributed by atoms with Crippen molar-refractivity contribution < 1.29 is 0 Å².